The molecule has 0 fully saturated rings. The Morgan fingerprint density at radius 1 is 0.880 bits per heavy atom. The van der Waals surface area contributed by atoms with Gasteiger partial charge in [0.05, 0.1) is 13.2 Å². The average molecular weight is 440 g/mol. The molecule has 0 saturated carbocycles. The maximum absolute atomic E-state index is 10.5. The van der Waals surface area contributed by atoms with Gasteiger partial charge in [0.2, 0.25) is 0 Å². The number of thiol groups is 1. The van der Waals surface area contributed by atoms with Gasteiger partial charge in [0.1, 0.15) is 0 Å². The van der Waals surface area contributed by atoms with Crippen molar-refractivity contribution in [1.29, 1.82) is 0 Å². The van der Waals surface area contributed by atoms with Crippen LogP contribution in [0.3, 0.4) is 0 Å². The summed E-state index contributed by atoms with van der Waals surface area (Å²) < 4.78 is 21.2. The number of rotatable bonds is 15. The van der Waals surface area contributed by atoms with E-state index >= 15 is 0 Å². The van der Waals surface area contributed by atoms with Gasteiger partial charge in [-0.15, -0.1) is 0 Å². The fraction of sp³-hybridized carbons (Fsp3) is 0.941. The van der Waals surface area contributed by atoms with Crippen molar-refractivity contribution in [2.45, 2.75) is 79.1 Å². The predicted molar refractivity (Wildman–Crippen MR) is 109 cm³/mol. The zero-order valence-electron chi connectivity index (χ0n) is 16.4. The van der Waals surface area contributed by atoms with Crippen molar-refractivity contribution in [2.75, 3.05) is 26.3 Å². The minimum Gasteiger partial charge on any atom is -0.413 e. The van der Waals surface area contributed by atoms with E-state index in [1.165, 1.54) is 38.5 Å². The molecule has 0 aromatic heterocycles. The van der Waals surface area contributed by atoms with E-state index in [0.717, 1.165) is 25.9 Å². The molecule has 0 saturated heterocycles. The molecule has 0 aromatic carbocycles. The van der Waals surface area contributed by atoms with E-state index in [4.69, 9.17) is 9.05 Å². The van der Waals surface area contributed by atoms with Crippen LogP contribution < -0.4 is 0 Å². The Hall–Kier alpha value is 0.666. The van der Waals surface area contributed by atoms with E-state index in [1.54, 1.807) is 0 Å². The molecule has 0 amide bonds. The van der Waals surface area contributed by atoms with Crippen LogP contribution in [-0.2, 0) is 38.0 Å². The van der Waals surface area contributed by atoms with Gasteiger partial charge in [0, 0.05) is 13.1 Å². The van der Waals surface area contributed by atoms with E-state index in [0.29, 0.717) is 18.3 Å². The molecule has 0 aromatic rings. The second kappa shape index (κ2) is 18.0. The molecule has 0 atom stereocenters. The van der Waals surface area contributed by atoms with Gasteiger partial charge in [-0.1, -0.05) is 52.4 Å². The molecule has 5 nitrogen and oxygen atoms in total. The molecular formula is C17H38CoN2O3PS+4. The summed E-state index contributed by atoms with van der Waals surface area (Å²) in [5.74, 6) is 0. The van der Waals surface area contributed by atoms with Crippen molar-refractivity contribution in [3.63, 3.8) is 0 Å². The minimum atomic E-state index is -3.20. The first-order valence-electron chi connectivity index (χ1n) is 9.47. The Morgan fingerprint density at radius 2 is 1.32 bits per heavy atom. The quantitative estimate of drug-likeness (QED) is 0.114. The van der Waals surface area contributed by atoms with Gasteiger partial charge < -0.3 is 5.09 Å². The number of nitrogens with zero attached hydrogens (tertiary/aromatic N) is 2. The molecular weight excluding hydrogens is 402 g/mol. The van der Waals surface area contributed by atoms with Crippen LogP contribution in [0.25, 0.3) is 5.09 Å². The van der Waals surface area contributed by atoms with Gasteiger partial charge in [0.25, 0.3) is 0 Å². The van der Waals surface area contributed by atoms with E-state index in [-0.39, 0.29) is 16.8 Å². The van der Waals surface area contributed by atoms with E-state index in [1.807, 2.05) is 13.8 Å². The zero-order chi connectivity index (χ0) is 18.3. The summed E-state index contributed by atoms with van der Waals surface area (Å²) in [6, 6.07) is 0. The molecule has 25 heavy (non-hydrogen) atoms. The van der Waals surface area contributed by atoms with Gasteiger partial charge in [0.15, 0.2) is 17.3 Å². The second-order valence-electron chi connectivity index (χ2n) is 5.83. The maximum atomic E-state index is 10.5. The largest absolute Gasteiger partial charge is 3.00 e. The Kier molecular flexibility index (Phi) is 20.1. The molecule has 0 heterocycles. The van der Waals surface area contributed by atoms with Gasteiger partial charge in [-0.3, -0.25) is 13.6 Å². The average Bonchev–Trinajstić information content (AvgIpc) is 2.53. The van der Waals surface area contributed by atoms with Gasteiger partial charge in [-0.2, -0.15) is 0 Å². The smallest absolute Gasteiger partial charge is 0.413 e. The van der Waals surface area contributed by atoms with E-state index in [2.05, 4.69) is 36.1 Å². The van der Waals surface area contributed by atoms with Crippen LogP contribution in [0.4, 0.5) is 0 Å². The van der Waals surface area contributed by atoms with Crippen molar-refractivity contribution < 1.29 is 30.4 Å². The van der Waals surface area contributed by atoms with Gasteiger partial charge >= 0.3 is 24.5 Å². The zero-order valence-corrected chi connectivity index (χ0v) is 19.2. The molecule has 1 N–H and O–H groups in total. The molecule has 0 radical (unpaired) electrons. The van der Waals surface area contributed by atoms with Crippen molar-refractivity contribution in [2.24, 2.45) is 0 Å². The summed E-state index contributed by atoms with van der Waals surface area (Å²) in [7, 11) is -3.20. The summed E-state index contributed by atoms with van der Waals surface area (Å²) in [6.45, 7) is 10.6. The summed E-state index contributed by atoms with van der Waals surface area (Å²) in [5, 5.41) is 4.84. The van der Waals surface area contributed by atoms with Gasteiger partial charge in [-0.25, -0.2) is 4.90 Å². The summed E-state index contributed by atoms with van der Waals surface area (Å²) >= 11 is 4.54. The van der Waals surface area contributed by atoms with Gasteiger partial charge in [-0.05, 0) is 26.7 Å². The normalized spacial score (nSPS) is 11.6. The Morgan fingerprint density at radius 3 is 1.68 bits per heavy atom. The van der Waals surface area contributed by atoms with Crippen molar-refractivity contribution >= 4 is 25.1 Å². The fourth-order valence-electron chi connectivity index (χ4n) is 2.38. The van der Waals surface area contributed by atoms with Crippen LogP contribution >= 0.6 is 7.75 Å². The topological polar surface area (TPSA) is 57.2 Å². The summed E-state index contributed by atoms with van der Waals surface area (Å²) in [6.07, 6.45) is 9.58. The van der Waals surface area contributed by atoms with Crippen molar-refractivity contribution in [1.82, 2.24) is 4.90 Å². The third kappa shape index (κ3) is 14.4. The molecule has 0 aliphatic rings. The molecule has 150 valence electrons. The number of unbranched alkanes of at least 4 members (excludes halogenated alkanes) is 6. The van der Waals surface area contributed by atoms with Crippen LogP contribution in [-0.4, -0.2) is 40.9 Å². The molecule has 0 aliphatic heterocycles. The van der Waals surface area contributed by atoms with Crippen LogP contribution in [0.5, 0.6) is 0 Å². The first-order valence-corrected chi connectivity index (χ1v) is 11.5. The molecule has 0 rings (SSSR count). The Labute approximate surface area is 170 Å². The van der Waals surface area contributed by atoms with Crippen LogP contribution in [0.1, 0.15) is 79.1 Å². The second-order valence-corrected chi connectivity index (χ2v) is 7.93. The summed E-state index contributed by atoms with van der Waals surface area (Å²) in [4.78, 5) is 2.15. The van der Waals surface area contributed by atoms with Crippen LogP contribution in [0.15, 0.2) is 0 Å². The molecule has 0 aliphatic carbocycles. The standard InChI is InChI=1S/C17H37N2O3PS.Co/c1-5-9-11-13-15-19(16-14-12-10-6-2)17(24)18-23(20,21-7-3)22-8-4;/h5-16H2,1-4H3,(H,18,20,24);/q;+3/p+1. The van der Waals surface area contributed by atoms with E-state index < -0.39 is 7.75 Å². The number of hydrogen-bond acceptors (Lipinski definition) is 2. The fourth-order valence-corrected chi connectivity index (χ4v) is 4.13. The minimum absolute atomic E-state index is 0. The van der Waals surface area contributed by atoms with Crippen LogP contribution in [0, 0.1) is 0 Å². The Balaban J connectivity index is 0. The first-order chi connectivity index (χ1) is 11.5. The summed E-state index contributed by atoms with van der Waals surface area (Å²) in [5.41, 5.74) is 0. The van der Waals surface area contributed by atoms with Crippen molar-refractivity contribution in [3.8, 4) is 0 Å². The molecule has 0 unspecified atom stereocenters. The molecule has 8 heteroatoms. The molecule has 0 bridgehead atoms. The third-order valence-electron chi connectivity index (χ3n) is 3.66. The van der Waals surface area contributed by atoms with Crippen LogP contribution in [0.2, 0.25) is 0 Å². The SMILES string of the molecule is CCCCCCN(CCCCCC)C(=[SH+])[N-]P(=[OH+])(OCC)OCC.[Co+3]. The van der Waals surface area contributed by atoms with Crippen molar-refractivity contribution in [3.05, 3.63) is 5.09 Å². The predicted octanol–water partition coefficient (Wildman–Crippen LogP) is 5.31. The Bertz CT molecular complexity index is 354. The maximum Gasteiger partial charge on any atom is 3.00 e. The monoisotopic (exact) mass is 440 g/mol. The van der Waals surface area contributed by atoms with E-state index in [9.17, 15) is 4.57 Å². The molecule has 0 spiro atoms. The number of hydrogen-bond donors (Lipinski definition) is 0. The third-order valence-corrected chi connectivity index (χ3v) is 5.83. The first kappa shape index (κ1) is 27.9.